The van der Waals surface area contributed by atoms with Crippen LogP contribution in [0.2, 0.25) is 10.0 Å². The molecular weight excluding hydrogens is 341 g/mol. The van der Waals surface area contributed by atoms with Gasteiger partial charge in [-0.3, -0.25) is 0 Å². The molecule has 1 aromatic carbocycles. The number of hydrogen-bond acceptors (Lipinski definition) is 3. The third-order valence-corrected chi connectivity index (χ3v) is 3.76. The summed E-state index contributed by atoms with van der Waals surface area (Å²) in [5, 5.41) is 14.1. The molecule has 0 aliphatic rings. The van der Waals surface area contributed by atoms with Gasteiger partial charge >= 0.3 is 0 Å². The Hall–Kier alpha value is -0.0000000000000000555. The Bertz CT molecular complexity index is 413. The summed E-state index contributed by atoms with van der Waals surface area (Å²) in [4.78, 5) is 0. The van der Waals surface area contributed by atoms with E-state index in [2.05, 4.69) is 21.2 Å². The fourth-order valence-electron chi connectivity index (χ4n) is 1.29. The van der Waals surface area contributed by atoms with Gasteiger partial charge in [-0.25, -0.2) is 0 Å². The number of rotatable bonds is 6. The van der Waals surface area contributed by atoms with E-state index >= 15 is 0 Å². The Kier molecular flexibility index (Phi) is 6.21. The number of ether oxygens (including phenoxy) is 1. The first-order valence-corrected chi connectivity index (χ1v) is 7.11. The van der Waals surface area contributed by atoms with Gasteiger partial charge in [-0.15, -0.1) is 0 Å². The second-order valence-electron chi connectivity index (χ2n) is 4.26. The van der Waals surface area contributed by atoms with Crippen LogP contribution in [0.3, 0.4) is 0 Å². The predicted octanol–water partition coefficient (Wildman–Crippen LogP) is 3.50. The smallest absolute Gasteiger partial charge is 0.139 e. The predicted molar refractivity (Wildman–Crippen MR) is 78.8 cm³/mol. The van der Waals surface area contributed by atoms with Gasteiger partial charge in [0.05, 0.1) is 10.0 Å². The number of hydrogen-bond donors (Lipinski definition) is 2. The van der Waals surface area contributed by atoms with Crippen LogP contribution in [0.1, 0.15) is 13.8 Å². The zero-order chi connectivity index (χ0) is 13.8. The third-order valence-electron chi connectivity index (χ3n) is 2.27. The summed E-state index contributed by atoms with van der Waals surface area (Å²) in [6.45, 7) is 5.05. The van der Waals surface area contributed by atoms with E-state index in [-0.39, 0.29) is 6.61 Å². The molecular formula is C12H16BrCl2NO2. The fourth-order valence-corrected chi connectivity index (χ4v) is 2.14. The van der Waals surface area contributed by atoms with Crippen molar-refractivity contribution in [2.24, 2.45) is 0 Å². The van der Waals surface area contributed by atoms with Gasteiger partial charge in [0.15, 0.2) is 0 Å². The van der Waals surface area contributed by atoms with Crippen LogP contribution < -0.4 is 10.1 Å². The van der Waals surface area contributed by atoms with Crippen LogP contribution in [0.4, 0.5) is 0 Å². The van der Waals surface area contributed by atoms with E-state index in [0.717, 1.165) is 6.54 Å². The van der Waals surface area contributed by atoms with E-state index in [1.54, 1.807) is 19.1 Å². The normalized spacial score (nSPS) is 14.3. The van der Waals surface area contributed by atoms with Crippen molar-refractivity contribution >= 4 is 39.1 Å². The second kappa shape index (κ2) is 6.96. The molecule has 1 aromatic rings. The minimum absolute atomic E-state index is 0.137. The zero-order valence-corrected chi connectivity index (χ0v) is 13.4. The second-order valence-corrected chi connectivity index (χ2v) is 5.93. The number of halogens is 3. The van der Waals surface area contributed by atoms with E-state index in [1.807, 2.05) is 6.92 Å². The van der Waals surface area contributed by atoms with Crippen molar-refractivity contribution in [1.82, 2.24) is 5.32 Å². The Morgan fingerprint density at radius 2 is 2.06 bits per heavy atom. The van der Waals surface area contributed by atoms with E-state index in [4.69, 9.17) is 27.9 Å². The van der Waals surface area contributed by atoms with E-state index in [1.165, 1.54) is 0 Å². The third kappa shape index (κ3) is 4.94. The molecule has 0 amide bonds. The molecule has 1 rings (SSSR count). The van der Waals surface area contributed by atoms with E-state index in [0.29, 0.717) is 26.8 Å². The van der Waals surface area contributed by atoms with Crippen LogP contribution in [0.5, 0.6) is 5.75 Å². The Morgan fingerprint density at radius 3 is 2.67 bits per heavy atom. The first kappa shape index (κ1) is 16.1. The molecule has 1 unspecified atom stereocenters. The van der Waals surface area contributed by atoms with Crippen molar-refractivity contribution in [3.8, 4) is 5.75 Å². The van der Waals surface area contributed by atoms with Gasteiger partial charge in [-0.05, 0) is 35.5 Å². The Balaban J connectivity index is 2.66. The summed E-state index contributed by atoms with van der Waals surface area (Å²) < 4.78 is 6.22. The lowest BCUT2D eigenvalue weighted by molar-refractivity contribution is 0.0128. The number of likely N-dealkylation sites (N-methyl/N-ethyl adjacent to an activating group) is 1. The molecule has 6 heteroatoms. The van der Waals surface area contributed by atoms with Crippen LogP contribution in [-0.4, -0.2) is 30.4 Å². The van der Waals surface area contributed by atoms with Crippen LogP contribution in [-0.2, 0) is 0 Å². The zero-order valence-electron chi connectivity index (χ0n) is 10.3. The first-order chi connectivity index (χ1) is 8.35. The quantitative estimate of drug-likeness (QED) is 0.766. The average Bonchev–Trinajstić information content (AvgIpc) is 2.30. The summed E-state index contributed by atoms with van der Waals surface area (Å²) in [7, 11) is 0. The monoisotopic (exact) mass is 355 g/mol. The topological polar surface area (TPSA) is 41.5 Å². The highest BCUT2D eigenvalue weighted by Gasteiger charge is 2.21. The fraction of sp³-hybridized carbons (Fsp3) is 0.500. The molecule has 18 heavy (non-hydrogen) atoms. The lowest BCUT2D eigenvalue weighted by atomic mass is 10.1. The van der Waals surface area contributed by atoms with Gasteiger partial charge in [-0.1, -0.05) is 30.1 Å². The van der Waals surface area contributed by atoms with Gasteiger partial charge in [0.2, 0.25) is 0 Å². The standard InChI is InChI=1S/C12H16BrCl2NO2/c1-3-16-6-12(2,17)7-18-11-5-9(14)8(13)4-10(11)15/h4-5,16-17H,3,6-7H2,1-2H3. The molecule has 3 nitrogen and oxygen atoms in total. The summed E-state index contributed by atoms with van der Waals surface area (Å²) in [6, 6.07) is 3.29. The molecule has 0 radical (unpaired) electrons. The van der Waals surface area contributed by atoms with E-state index < -0.39 is 5.60 Å². The maximum Gasteiger partial charge on any atom is 0.139 e. The number of aliphatic hydroxyl groups is 1. The maximum absolute atomic E-state index is 10.0. The molecule has 0 aliphatic heterocycles. The molecule has 1 atom stereocenters. The molecule has 0 aromatic heterocycles. The highest BCUT2D eigenvalue weighted by Crippen LogP contribution is 2.34. The van der Waals surface area contributed by atoms with Crippen LogP contribution >= 0.6 is 39.1 Å². The van der Waals surface area contributed by atoms with Gasteiger partial charge in [0.25, 0.3) is 0 Å². The van der Waals surface area contributed by atoms with E-state index in [9.17, 15) is 5.11 Å². The largest absolute Gasteiger partial charge is 0.489 e. The maximum atomic E-state index is 10.0. The van der Waals surface area contributed by atoms with Gasteiger partial charge in [0, 0.05) is 17.1 Å². The number of benzene rings is 1. The summed E-state index contributed by atoms with van der Waals surface area (Å²) in [5.74, 6) is 0.460. The van der Waals surface area contributed by atoms with Crippen molar-refractivity contribution in [3.63, 3.8) is 0 Å². The summed E-state index contributed by atoms with van der Waals surface area (Å²) >= 11 is 15.3. The molecule has 0 saturated heterocycles. The lowest BCUT2D eigenvalue weighted by Crippen LogP contribution is -2.42. The van der Waals surface area contributed by atoms with Crippen LogP contribution in [0.25, 0.3) is 0 Å². The Labute approximate surface area is 126 Å². The summed E-state index contributed by atoms with van der Waals surface area (Å²) in [6.07, 6.45) is 0. The van der Waals surface area contributed by atoms with Crippen molar-refractivity contribution in [1.29, 1.82) is 0 Å². The van der Waals surface area contributed by atoms with Crippen molar-refractivity contribution in [3.05, 3.63) is 26.7 Å². The lowest BCUT2D eigenvalue weighted by Gasteiger charge is -2.24. The summed E-state index contributed by atoms with van der Waals surface area (Å²) in [5.41, 5.74) is -0.959. The molecule has 2 N–H and O–H groups in total. The van der Waals surface area contributed by atoms with Crippen LogP contribution in [0.15, 0.2) is 16.6 Å². The SMILES string of the molecule is CCNCC(C)(O)COc1cc(Cl)c(Br)cc1Cl. The first-order valence-electron chi connectivity index (χ1n) is 5.56. The molecule has 102 valence electrons. The Morgan fingerprint density at radius 1 is 1.39 bits per heavy atom. The average molecular weight is 357 g/mol. The molecule has 0 heterocycles. The highest BCUT2D eigenvalue weighted by molar-refractivity contribution is 9.10. The van der Waals surface area contributed by atoms with Gasteiger partial charge < -0.3 is 15.2 Å². The molecule has 0 aliphatic carbocycles. The minimum atomic E-state index is -0.959. The van der Waals surface area contributed by atoms with Gasteiger partial charge in [-0.2, -0.15) is 0 Å². The highest BCUT2D eigenvalue weighted by atomic mass is 79.9. The molecule has 0 spiro atoms. The molecule has 0 bridgehead atoms. The molecule has 0 fully saturated rings. The van der Waals surface area contributed by atoms with Gasteiger partial charge in [0.1, 0.15) is 18.0 Å². The minimum Gasteiger partial charge on any atom is -0.489 e. The van der Waals surface area contributed by atoms with Crippen LogP contribution in [0, 0.1) is 0 Å². The number of nitrogens with one attached hydrogen (secondary N) is 1. The van der Waals surface area contributed by atoms with Crippen molar-refractivity contribution in [2.75, 3.05) is 19.7 Å². The van der Waals surface area contributed by atoms with Crippen molar-refractivity contribution in [2.45, 2.75) is 19.4 Å². The van der Waals surface area contributed by atoms with Crippen molar-refractivity contribution < 1.29 is 9.84 Å². The molecule has 0 saturated carbocycles.